The highest BCUT2D eigenvalue weighted by molar-refractivity contribution is 7.47. The van der Waals surface area contributed by atoms with Gasteiger partial charge in [-0.2, -0.15) is 0 Å². The molecule has 0 heterocycles. The number of unbranched alkanes of at least 4 members (excludes halogenated alkanes) is 41. The van der Waals surface area contributed by atoms with Crippen molar-refractivity contribution in [2.45, 2.75) is 321 Å². The number of carbonyl (C=O) groups is 1. The van der Waals surface area contributed by atoms with E-state index >= 15 is 0 Å². The van der Waals surface area contributed by atoms with Crippen LogP contribution in [-0.2, 0) is 18.4 Å². The normalized spacial score (nSPS) is 14.0. The molecule has 0 aliphatic carbocycles. The number of nitrogens with one attached hydrogen (secondary N) is 1. The van der Waals surface area contributed by atoms with Crippen LogP contribution in [0, 0.1) is 0 Å². The van der Waals surface area contributed by atoms with Crippen LogP contribution in [0.25, 0.3) is 0 Å². The van der Waals surface area contributed by atoms with Gasteiger partial charge in [0, 0.05) is 6.42 Å². The van der Waals surface area contributed by atoms with Crippen molar-refractivity contribution in [3.63, 3.8) is 0 Å². The first-order valence-corrected chi connectivity index (χ1v) is 32.9. The number of hydrogen-bond acceptors (Lipinski definition) is 5. The maximum absolute atomic E-state index is 13.0. The number of nitrogens with zero attached hydrogens (tertiary/aromatic N) is 1. The minimum Gasteiger partial charge on any atom is -0.387 e. The summed E-state index contributed by atoms with van der Waals surface area (Å²) in [4.78, 5) is 23.4. The summed E-state index contributed by atoms with van der Waals surface area (Å²) in [6.45, 7) is 4.85. The fourth-order valence-corrected chi connectivity index (χ4v) is 10.2. The van der Waals surface area contributed by atoms with Gasteiger partial charge in [-0.1, -0.05) is 288 Å². The number of aliphatic hydroxyl groups is 1. The molecule has 3 N–H and O–H groups in total. The summed E-state index contributed by atoms with van der Waals surface area (Å²) in [7, 11) is 1.58. The lowest BCUT2D eigenvalue weighted by Gasteiger charge is -2.25. The van der Waals surface area contributed by atoms with Gasteiger partial charge in [-0.05, 0) is 51.4 Å². The van der Waals surface area contributed by atoms with Crippen molar-refractivity contribution in [3.8, 4) is 0 Å². The summed E-state index contributed by atoms with van der Waals surface area (Å²) < 4.78 is 23.8. The van der Waals surface area contributed by atoms with Gasteiger partial charge in [0.15, 0.2) is 0 Å². The molecule has 0 aromatic rings. The number of phosphoric ester groups is 1. The highest BCUT2D eigenvalue weighted by Crippen LogP contribution is 2.43. The molecule has 3 unspecified atom stereocenters. The number of allylic oxidation sites excluding steroid dienone is 5. The summed E-state index contributed by atoms with van der Waals surface area (Å²) in [5.41, 5.74) is 0. The number of hydrogen-bond donors (Lipinski definition) is 3. The molecule has 426 valence electrons. The number of rotatable bonds is 58. The number of likely N-dealkylation sites (N-methyl/N-ethyl adjacent to an activating group) is 1. The van der Waals surface area contributed by atoms with Crippen LogP contribution in [0.1, 0.15) is 309 Å². The molecule has 0 saturated heterocycles. The lowest BCUT2D eigenvalue weighted by molar-refractivity contribution is -0.870. The lowest BCUT2D eigenvalue weighted by atomic mass is 10.0. The fourth-order valence-electron chi connectivity index (χ4n) is 9.43. The van der Waals surface area contributed by atoms with Gasteiger partial charge in [0.05, 0.1) is 39.9 Å². The Morgan fingerprint density at radius 2 is 0.792 bits per heavy atom. The highest BCUT2D eigenvalue weighted by Gasteiger charge is 2.27. The Labute approximate surface area is 448 Å². The number of phosphoric acid groups is 1. The summed E-state index contributed by atoms with van der Waals surface area (Å²) in [6, 6.07) is -0.847. The molecule has 0 fully saturated rings. The molecule has 0 radical (unpaired) electrons. The Bertz CT molecular complexity index is 1270. The molecule has 0 bridgehead atoms. The van der Waals surface area contributed by atoms with Crippen LogP contribution >= 0.6 is 7.82 Å². The zero-order chi connectivity index (χ0) is 52.7. The van der Waals surface area contributed by atoms with Crippen molar-refractivity contribution < 1.29 is 32.9 Å². The topological polar surface area (TPSA) is 105 Å². The zero-order valence-corrected chi connectivity index (χ0v) is 49.6. The zero-order valence-electron chi connectivity index (χ0n) is 48.7. The van der Waals surface area contributed by atoms with Crippen molar-refractivity contribution in [1.82, 2.24) is 5.32 Å². The highest BCUT2D eigenvalue weighted by atomic mass is 31.2. The average molecular weight is 1040 g/mol. The molecule has 1 amide bonds. The SMILES string of the molecule is CCCCCCC/C=C\C/C=C\CCCCCCCCCCCCCCCC(=O)NC(COP(=O)(O)OCC[N+](C)(C)C)C(O)/C=C/CCCCCCCCCCCCCCCCCCCCCCCCC. The number of quaternary nitrogens is 1. The van der Waals surface area contributed by atoms with E-state index in [9.17, 15) is 19.4 Å². The molecule has 0 aromatic heterocycles. The van der Waals surface area contributed by atoms with E-state index in [-0.39, 0.29) is 19.1 Å². The van der Waals surface area contributed by atoms with Crippen molar-refractivity contribution in [3.05, 3.63) is 36.5 Å². The number of aliphatic hydroxyl groups excluding tert-OH is 1. The van der Waals surface area contributed by atoms with Gasteiger partial charge >= 0.3 is 7.82 Å². The van der Waals surface area contributed by atoms with E-state index in [0.717, 1.165) is 44.9 Å². The Balaban J connectivity index is 4.15. The summed E-state index contributed by atoms with van der Waals surface area (Å²) >= 11 is 0. The third-order valence-electron chi connectivity index (χ3n) is 14.4. The third kappa shape index (κ3) is 56.4. The second kappa shape index (κ2) is 54.5. The molecule has 3 atom stereocenters. The smallest absolute Gasteiger partial charge is 0.387 e. The maximum Gasteiger partial charge on any atom is 0.472 e. The van der Waals surface area contributed by atoms with Crippen molar-refractivity contribution in [2.75, 3.05) is 40.9 Å². The van der Waals surface area contributed by atoms with Crippen LogP contribution in [-0.4, -0.2) is 73.4 Å². The minimum absolute atomic E-state index is 0.0624. The second-order valence-corrected chi connectivity index (χ2v) is 24.2. The molecular formula is C63H124N2O6P+. The summed E-state index contributed by atoms with van der Waals surface area (Å²) in [5.74, 6) is -0.174. The lowest BCUT2D eigenvalue weighted by Crippen LogP contribution is -2.45. The summed E-state index contributed by atoms with van der Waals surface area (Å²) in [5, 5.41) is 14.0. The van der Waals surface area contributed by atoms with E-state index in [2.05, 4.69) is 43.5 Å². The van der Waals surface area contributed by atoms with E-state index in [1.165, 1.54) is 244 Å². The molecule has 9 heteroatoms. The first-order chi connectivity index (χ1) is 35.0. The van der Waals surface area contributed by atoms with Crippen LogP contribution in [0.15, 0.2) is 36.5 Å². The Hall–Kier alpha value is -1.28. The fraction of sp³-hybridized carbons (Fsp3) is 0.889. The van der Waals surface area contributed by atoms with Crippen LogP contribution in [0.5, 0.6) is 0 Å². The van der Waals surface area contributed by atoms with Gasteiger partial charge in [-0.15, -0.1) is 0 Å². The molecule has 0 spiro atoms. The molecule has 0 aliphatic rings. The maximum atomic E-state index is 13.0. The predicted molar refractivity (Wildman–Crippen MR) is 314 cm³/mol. The first kappa shape index (κ1) is 70.7. The van der Waals surface area contributed by atoms with Gasteiger partial charge in [-0.3, -0.25) is 13.8 Å². The standard InChI is InChI=1S/C63H123N2O6P/c1-6-8-10-12-14-16-18-20-22-24-26-28-30-32-34-36-38-40-42-44-46-48-50-52-54-56-62(66)61(60-71-72(68,69)70-59-58-65(3,4)5)64-63(67)57-55-53-51-49-47-45-43-41-39-37-35-33-31-29-27-25-23-21-19-17-15-13-11-9-7-2/h19,21,25,27,54,56,61-62,66H,6-18,20,22-24,26,28-53,55,57-60H2,1-5H3,(H-,64,67,68,69)/p+1/b21-19-,27-25-,56-54+. The monoisotopic (exact) mass is 1040 g/mol. The van der Waals surface area contributed by atoms with Crippen LogP contribution in [0.2, 0.25) is 0 Å². The van der Waals surface area contributed by atoms with E-state index in [1.807, 2.05) is 27.2 Å². The van der Waals surface area contributed by atoms with Gasteiger partial charge < -0.3 is 19.8 Å². The third-order valence-corrected chi connectivity index (χ3v) is 15.3. The quantitative estimate of drug-likeness (QED) is 0.0243. The van der Waals surface area contributed by atoms with Crippen molar-refractivity contribution in [1.29, 1.82) is 0 Å². The second-order valence-electron chi connectivity index (χ2n) is 22.8. The molecule has 0 aromatic carbocycles. The number of amides is 1. The first-order valence-electron chi connectivity index (χ1n) is 31.4. The Kier molecular flexibility index (Phi) is 53.5. The molecular weight excluding hydrogens is 912 g/mol. The van der Waals surface area contributed by atoms with Gasteiger partial charge in [0.2, 0.25) is 5.91 Å². The van der Waals surface area contributed by atoms with Crippen molar-refractivity contribution in [2.24, 2.45) is 0 Å². The average Bonchev–Trinajstić information content (AvgIpc) is 3.34. The van der Waals surface area contributed by atoms with E-state index < -0.39 is 20.0 Å². The van der Waals surface area contributed by atoms with Crippen LogP contribution in [0.3, 0.4) is 0 Å². The van der Waals surface area contributed by atoms with E-state index in [4.69, 9.17) is 9.05 Å². The van der Waals surface area contributed by atoms with E-state index in [1.54, 1.807) is 6.08 Å². The molecule has 0 saturated carbocycles. The van der Waals surface area contributed by atoms with Crippen LogP contribution in [0.4, 0.5) is 0 Å². The van der Waals surface area contributed by atoms with Gasteiger partial charge in [-0.25, -0.2) is 4.57 Å². The molecule has 0 aliphatic heterocycles. The van der Waals surface area contributed by atoms with Crippen LogP contribution < -0.4 is 5.32 Å². The van der Waals surface area contributed by atoms with Crippen molar-refractivity contribution >= 4 is 13.7 Å². The Morgan fingerprint density at radius 3 is 1.14 bits per heavy atom. The predicted octanol–water partition coefficient (Wildman–Crippen LogP) is 19.3. The molecule has 72 heavy (non-hydrogen) atoms. The van der Waals surface area contributed by atoms with Gasteiger partial charge in [0.1, 0.15) is 13.2 Å². The largest absolute Gasteiger partial charge is 0.472 e. The minimum atomic E-state index is -4.35. The van der Waals surface area contributed by atoms with Gasteiger partial charge in [0.25, 0.3) is 0 Å². The van der Waals surface area contributed by atoms with E-state index in [0.29, 0.717) is 17.4 Å². The number of carbonyl (C=O) groups excluding carboxylic acids is 1. The molecule has 8 nitrogen and oxygen atoms in total. The summed E-state index contributed by atoms with van der Waals surface area (Å²) in [6.07, 6.45) is 71.1. The Morgan fingerprint density at radius 1 is 0.472 bits per heavy atom. The molecule has 0 rings (SSSR count).